The maximum Gasteiger partial charge on any atom is 0.162 e. The standard InChI is InChI=1S/C23H27N5O3/c1-2-6-25-23(3-1)28-11-9-27(10-12-28)8-7-24-17-19-16-20(26-31-19)18-4-5-21-22(15-18)30-14-13-29-21/h1-6,15-16,24H,7-14,17H2. The second-order valence-corrected chi connectivity index (χ2v) is 7.73. The number of anilines is 1. The SMILES string of the molecule is c1ccc(N2CCN(CCNCc3cc(-c4ccc5c(c4)OCCO5)no3)CC2)nc1. The van der Waals surface area contributed by atoms with Crippen LogP contribution in [0, 0.1) is 0 Å². The molecule has 31 heavy (non-hydrogen) atoms. The molecule has 1 fully saturated rings. The third-order valence-corrected chi connectivity index (χ3v) is 5.65. The molecule has 0 saturated carbocycles. The van der Waals surface area contributed by atoms with Crippen molar-refractivity contribution in [2.45, 2.75) is 6.54 Å². The van der Waals surface area contributed by atoms with Gasteiger partial charge >= 0.3 is 0 Å². The van der Waals surface area contributed by atoms with E-state index in [4.69, 9.17) is 14.0 Å². The average Bonchev–Trinajstić information content (AvgIpc) is 3.31. The fourth-order valence-electron chi connectivity index (χ4n) is 3.93. The number of pyridine rings is 1. The first kappa shape index (κ1) is 19.8. The number of nitrogens with zero attached hydrogens (tertiary/aromatic N) is 4. The van der Waals surface area contributed by atoms with Crippen molar-refractivity contribution in [3.63, 3.8) is 0 Å². The third-order valence-electron chi connectivity index (χ3n) is 5.65. The topological polar surface area (TPSA) is 75.9 Å². The third kappa shape index (κ3) is 4.81. The maximum atomic E-state index is 5.65. The van der Waals surface area contributed by atoms with Crippen LogP contribution < -0.4 is 19.7 Å². The van der Waals surface area contributed by atoms with E-state index in [9.17, 15) is 0 Å². The van der Waals surface area contributed by atoms with Crippen molar-refractivity contribution in [1.29, 1.82) is 0 Å². The van der Waals surface area contributed by atoms with Crippen LogP contribution in [0.3, 0.4) is 0 Å². The van der Waals surface area contributed by atoms with Crippen LogP contribution >= 0.6 is 0 Å². The zero-order valence-corrected chi connectivity index (χ0v) is 17.5. The van der Waals surface area contributed by atoms with E-state index in [-0.39, 0.29) is 0 Å². The number of rotatable bonds is 7. The van der Waals surface area contributed by atoms with Crippen molar-refractivity contribution in [3.8, 4) is 22.8 Å². The van der Waals surface area contributed by atoms with E-state index in [1.54, 1.807) is 0 Å². The largest absolute Gasteiger partial charge is 0.486 e. The molecule has 0 radical (unpaired) electrons. The van der Waals surface area contributed by atoms with Gasteiger partial charge < -0.3 is 24.2 Å². The molecule has 2 aliphatic heterocycles. The summed E-state index contributed by atoms with van der Waals surface area (Å²) < 4.78 is 16.7. The fourth-order valence-corrected chi connectivity index (χ4v) is 3.93. The molecule has 0 unspecified atom stereocenters. The van der Waals surface area contributed by atoms with E-state index in [2.05, 4.69) is 31.3 Å². The molecule has 0 aliphatic carbocycles. The highest BCUT2D eigenvalue weighted by Gasteiger charge is 2.18. The molecular formula is C23H27N5O3. The Morgan fingerprint density at radius 2 is 1.81 bits per heavy atom. The second-order valence-electron chi connectivity index (χ2n) is 7.73. The summed E-state index contributed by atoms with van der Waals surface area (Å²) in [7, 11) is 0. The summed E-state index contributed by atoms with van der Waals surface area (Å²) in [5, 5.41) is 7.67. The summed E-state index contributed by atoms with van der Waals surface area (Å²) in [4.78, 5) is 9.27. The van der Waals surface area contributed by atoms with Crippen LogP contribution in [0.1, 0.15) is 5.76 Å². The molecule has 2 aliphatic rings. The number of hydrogen-bond donors (Lipinski definition) is 1. The Kier molecular flexibility index (Phi) is 5.99. The summed E-state index contributed by atoms with van der Waals surface area (Å²) in [6.45, 7) is 7.86. The minimum Gasteiger partial charge on any atom is -0.486 e. The fraction of sp³-hybridized carbons (Fsp3) is 0.391. The number of hydrogen-bond acceptors (Lipinski definition) is 8. The maximum absolute atomic E-state index is 5.65. The van der Waals surface area contributed by atoms with Crippen molar-refractivity contribution in [1.82, 2.24) is 20.4 Å². The minimum absolute atomic E-state index is 0.572. The Morgan fingerprint density at radius 1 is 0.935 bits per heavy atom. The number of benzene rings is 1. The highest BCUT2D eigenvalue weighted by Crippen LogP contribution is 2.34. The Balaban J connectivity index is 1.06. The van der Waals surface area contributed by atoms with Crippen LogP contribution in [0.25, 0.3) is 11.3 Å². The smallest absolute Gasteiger partial charge is 0.162 e. The van der Waals surface area contributed by atoms with E-state index >= 15 is 0 Å². The van der Waals surface area contributed by atoms with Crippen LogP contribution in [0.5, 0.6) is 11.5 Å². The molecule has 8 nitrogen and oxygen atoms in total. The molecule has 0 atom stereocenters. The monoisotopic (exact) mass is 421 g/mol. The summed E-state index contributed by atoms with van der Waals surface area (Å²) in [5.74, 6) is 3.43. The van der Waals surface area contributed by atoms with Crippen LogP contribution in [0.2, 0.25) is 0 Å². The van der Waals surface area contributed by atoms with Gasteiger partial charge in [-0.2, -0.15) is 0 Å². The van der Waals surface area contributed by atoms with Crippen molar-refractivity contribution in [2.24, 2.45) is 0 Å². The lowest BCUT2D eigenvalue weighted by Gasteiger charge is -2.35. The van der Waals surface area contributed by atoms with Gasteiger partial charge in [-0.25, -0.2) is 4.98 Å². The zero-order chi connectivity index (χ0) is 20.9. The normalized spacial score (nSPS) is 16.5. The number of ether oxygens (including phenoxy) is 2. The second kappa shape index (κ2) is 9.36. The predicted octanol–water partition coefficient (Wildman–Crippen LogP) is 2.42. The molecule has 0 amide bonds. The Morgan fingerprint density at radius 3 is 2.65 bits per heavy atom. The lowest BCUT2D eigenvalue weighted by atomic mass is 10.1. The van der Waals surface area contributed by atoms with E-state index < -0.39 is 0 Å². The molecule has 1 aromatic carbocycles. The van der Waals surface area contributed by atoms with Gasteiger partial charge in [0.15, 0.2) is 17.3 Å². The van der Waals surface area contributed by atoms with E-state index in [0.29, 0.717) is 19.8 Å². The van der Waals surface area contributed by atoms with Crippen molar-refractivity contribution in [2.75, 3.05) is 57.4 Å². The lowest BCUT2D eigenvalue weighted by Crippen LogP contribution is -2.48. The number of aromatic nitrogens is 2. The molecule has 162 valence electrons. The summed E-state index contributed by atoms with van der Waals surface area (Å²) in [6.07, 6.45) is 1.86. The van der Waals surface area contributed by atoms with Gasteiger partial charge in [-0.05, 0) is 30.3 Å². The Bertz CT molecular complexity index is 986. The van der Waals surface area contributed by atoms with Gasteiger partial charge in [-0.3, -0.25) is 4.90 Å². The van der Waals surface area contributed by atoms with E-state index in [1.165, 1.54) is 0 Å². The average molecular weight is 422 g/mol. The molecule has 4 heterocycles. The molecule has 1 N–H and O–H groups in total. The lowest BCUT2D eigenvalue weighted by molar-refractivity contribution is 0.171. The number of piperazine rings is 1. The molecule has 8 heteroatoms. The molecule has 5 rings (SSSR count). The van der Waals surface area contributed by atoms with E-state index in [0.717, 1.165) is 73.6 Å². The first-order valence-electron chi connectivity index (χ1n) is 10.8. The van der Waals surface area contributed by atoms with Crippen molar-refractivity contribution >= 4 is 5.82 Å². The summed E-state index contributed by atoms with van der Waals surface area (Å²) in [5.41, 5.74) is 1.77. The molecule has 3 aromatic rings. The molecular weight excluding hydrogens is 394 g/mol. The number of nitrogens with one attached hydrogen (secondary N) is 1. The molecule has 1 saturated heterocycles. The van der Waals surface area contributed by atoms with Gasteiger partial charge in [0.1, 0.15) is 24.7 Å². The highest BCUT2D eigenvalue weighted by atomic mass is 16.6. The van der Waals surface area contributed by atoms with Crippen LogP contribution in [0.15, 0.2) is 53.2 Å². The van der Waals surface area contributed by atoms with E-state index in [1.807, 2.05) is 42.6 Å². The van der Waals surface area contributed by atoms with Gasteiger partial charge in [0.2, 0.25) is 0 Å². The van der Waals surface area contributed by atoms with Crippen molar-refractivity contribution in [3.05, 3.63) is 54.4 Å². The zero-order valence-electron chi connectivity index (χ0n) is 17.5. The summed E-state index contributed by atoms with van der Waals surface area (Å²) in [6, 6.07) is 13.9. The first-order chi connectivity index (χ1) is 15.3. The van der Waals surface area contributed by atoms with Crippen LogP contribution in [-0.2, 0) is 6.54 Å². The van der Waals surface area contributed by atoms with Gasteiger partial charge in [-0.15, -0.1) is 0 Å². The Labute approximate surface area is 181 Å². The van der Waals surface area contributed by atoms with Gasteiger partial charge in [0, 0.05) is 57.1 Å². The molecule has 0 spiro atoms. The van der Waals surface area contributed by atoms with Gasteiger partial charge in [-0.1, -0.05) is 11.2 Å². The highest BCUT2D eigenvalue weighted by molar-refractivity contribution is 5.64. The first-order valence-corrected chi connectivity index (χ1v) is 10.8. The van der Waals surface area contributed by atoms with Gasteiger partial charge in [0.05, 0.1) is 6.54 Å². The van der Waals surface area contributed by atoms with Crippen LogP contribution in [0.4, 0.5) is 5.82 Å². The predicted molar refractivity (Wildman–Crippen MR) is 118 cm³/mol. The molecule has 0 bridgehead atoms. The Hall–Kier alpha value is -3.10. The quantitative estimate of drug-likeness (QED) is 0.583. The molecule has 2 aromatic heterocycles. The summed E-state index contributed by atoms with van der Waals surface area (Å²) >= 11 is 0. The number of fused-ring (bicyclic) bond motifs is 1. The van der Waals surface area contributed by atoms with Gasteiger partial charge in [0.25, 0.3) is 0 Å². The minimum atomic E-state index is 0.572. The van der Waals surface area contributed by atoms with Crippen LogP contribution in [-0.4, -0.2) is 67.5 Å². The van der Waals surface area contributed by atoms with Crippen molar-refractivity contribution < 1.29 is 14.0 Å².